The van der Waals surface area contributed by atoms with Gasteiger partial charge in [-0.3, -0.25) is 9.20 Å². The summed E-state index contributed by atoms with van der Waals surface area (Å²) in [6, 6.07) is 3.80. The number of hydrogen-bond donors (Lipinski definition) is 2. The van der Waals surface area contributed by atoms with Gasteiger partial charge in [-0.25, -0.2) is 13.4 Å². The van der Waals surface area contributed by atoms with Crippen LogP contribution in [0.4, 0.5) is 5.69 Å². The Kier molecular flexibility index (Phi) is 4.06. The topological polar surface area (TPSA) is 101 Å². The summed E-state index contributed by atoms with van der Waals surface area (Å²) in [5, 5.41) is 14.3. The number of aromatic hydroxyl groups is 1. The van der Waals surface area contributed by atoms with E-state index < -0.39 is 15.7 Å². The van der Waals surface area contributed by atoms with Crippen LogP contribution < -0.4 is 5.32 Å². The minimum Gasteiger partial charge on any atom is -0.506 e. The number of phenols is 1. The predicted octanol–water partition coefficient (Wildman–Crippen LogP) is 2.46. The summed E-state index contributed by atoms with van der Waals surface area (Å²) in [6.07, 6.45) is 1.60. The molecule has 0 radical (unpaired) electrons. The fraction of sp³-hybridized carbons (Fsp3) is 0.200. The lowest BCUT2D eigenvalue weighted by Crippen LogP contribution is -2.13. The van der Waals surface area contributed by atoms with Crippen LogP contribution >= 0.6 is 11.3 Å². The van der Waals surface area contributed by atoms with Gasteiger partial charge in [-0.15, -0.1) is 11.3 Å². The number of fused-ring (bicyclic) bond motifs is 1. The number of nitrogens with one attached hydrogen (secondary N) is 1. The Bertz CT molecular complexity index is 1030. The molecule has 0 bridgehead atoms. The lowest BCUT2D eigenvalue weighted by Gasteiger charge is -2.08. The van der Waals surface area contributed by atoms with Crippen LogP contribution in [0.15, 0.2) is 34.7 Å². The van der Waals surface area contributed by atoms with Gasteiger partial charge in [0.25, 0.3) is 5.91 Å². The minimum atomic E-state index is -3.44. The molecule has 2 heterocycles. The largest absolute Gasteiger partial charge is 0.506 e. The van der Waals surface area contributed by atoms with Crippen LogP contribution in [0.5, 0.6) is 5.75 Å². The summed E-state index contributed by atoms with van der Waals surface area (Å²) in [6.45, 7) is 3.43. The molecular formula is C15H15N3O4S2. The van der Waals surface area contributed by atoms with Crippen molar-refractivity contribution in [3.05, 3.63) is 41.2 Å². The van der Waals surface area contributed by atoms with Crippen molar-refractivity contribution in [2.75, 3.05) is 11.1 Å². The highest BCUT2D eigenvalue weighted by Crippen LogP contribution is 2.27. The molecule has 7 nitrogen and oxygen atoms in total. The van der Waals surface area contributed by atoms with Gasteiger partial charge in [-0.2, -0.15) is 0 Å². The monoisotopic (exact) mass is 365 g/mol. The number of carbonyl (C=O) groups excluding carboxylic acids is 1. The average Bonchev–Trinajstić information content (AvgIpc) is 3.12. The minimum absolute atomic E-state index is 0.0302. The van der Waals surface area contributed by atoms with Gasteiger partial charge < -0.3 is 10.4 Å². The van der Waals surface area contributed by atoms with Crippen LogP contribution in [0.25, 0.3) is 4.96 Å². The second-order valence-corrected chi connectivity index (χ2v) is 8.31. The summed E-state index contributed by atoms with van der Waals surface area (Å²) in [5.41, 5.74) is 1.18. The maximum atomic E-state index is 12.3. The molecule has 0 unspecified atom stereocenters. The Hall–Kier alpha value is -2.39. The molecule has 9 heteroatoms. The number of imidazole rings is 1. The normalized spacial score (nSPS) is 11.8. The third-order valence-electron chi connectivity index (χ3n) is 3.58. The van der Waals surface area contributed by atoms with E-state index in [2.05, 4.69) is 10.3 Å². The third-order valence-corrected chi connectivity index (χ3v) is 6.27. The van der Waals surface area contributed by atoms with E-state index in [1.54, 1.807) is 10.6 Å². The smallest absolute Gasteiger partial charge is 0.276 e. The van der Waals surface area contributed by atoms with Crippen molar-refractivity contribution in [3.63, 3.8) is 0 Å². The van der Waals surface area contributed by atoms with Gasteiger partial charge in [0.15, 0.2) is 14.8 Å². The molecule has 3 rings (SSSR count). The Labute approximate surface area is 142 Å². The SMILES string of the molecule is CCS(=O)(=O)c1ccc(O)c(NC(=O)c2cn3c(C)csc3n2)c1. The molecule has 3 aromatic rings. The molecule has 0 saturated heterocycles. The first-order chi connectivity index (χ1) is 11.3. The van der Waals surface area contributed by atoms with Crippen molar-refractivity contribution in [3.8, 4) is 5.75 Å². The Morgan fingerprint density at radius 3 is 2.83 bits per heavy atom. The average molecular weight is 365 g/mol. The first kappa shape index (κ1) is 16.5. The number of nitrogens with zero attached hydrogens (tertiary/aromatic N) is 2. The van der Waals surface area contributed by atoms with E-state index in [0.29, 0.717) is 4.96 Å². The molecule has 0 atom stereocenters. The Morgan fingerprint density at radius 1 is 1.42 bits per heavy atom. The zero-order valence-corrected chi connectivity index (χ0v) is 14.6. The van der Waals surface area contributed by atoms with Gasteiger partial charge in [0.05, 0.1) is 16.3 Å². The molecular weight excluding hydrogens is 350 g/mol. The van der Waals surface area contributed by atoms with Gasteiger partial charge in [0, 0.05) is 17.3 Å². The van der Waals surface area contributed by atoms with Gasteiger partial charge in [0.1, 0.15) is 11.4 Å². The molecule has 0 aliphatic rings. The molecule has 0 spiro atoms. The molecule has 1 aromatic carbocycles. The zero-order valence-electron chi connectivity index (χ0n) is 13.0. The summed E-state index contributed by atoms with van der Waals surface area (Å²) < 4.78 is 25.7. The van der Waals surface area contributed by atoms with Crippen LogP contribution in [-0.2, 0) is 9.84 Å². The van der Waals surface area contributed by atoms with Crippen molar-refractivity contribution < 1.29 is 18.3 Å². The third kappa shape index (κ3) is 2.87. The number of benzene rings is 1. The van der Waals surface area contributed by atoms with Crippen LogP contribution in [-0.4, -0.2) is 34.6 Å². The number of thiazole rings is 1. The number of hydrogen-bond acceptors (Lipinski definition) is 6. The molecule has 126 valence electrons. The quantitative estimate of drug-likeness (QED) is 0.692. The number of carbonyl (C=O) groups is 1. The lowest BCUT2D eigenvalue weighted by molar-refractivity contribution is 0.102. The maximum absolute atomic E-state index is 12.3. The van der Waals surface area contributed by atoms with Crippen molar-refractivity contribution in [2.45, 2.75) is 18.7 Å². The highest BCUT2D eigenvalue weighted by Gasteiger charge is 2.18. The summed E-state index contributed by atoms with van der Waals surface area (Å²) in [5.74, 6) is -0.802. The first-order valence-electron chi connectivity index (χ1n) is 7.12. The molecule has 0 aliphatic carbocycles. The standard InChI is InChI=1S/C15H15N3O4S2/c1-3-24(21,22)10-4-5-13(19)11(6-10)16-14(20)12-7-18-9(2)8-23-15(18)17-12/h4-8,19H,3H2,1-2H3,(H,16,20). The summed E-state index contributed by atoms with van der Waals surface area (Å²) in [7, 11) is -3.44. The fourth-order valence-corrected chi connectivity index (χ4v) is 3.92. The first-order valence-corrected chi connectivity index (χ1v) is 9.65. The van der Waals surface area contributed by atoms with Gasteiger partial charge in [-0.05, 0) is 25.1 Å². The Balaban J connectivity index is 1.92. The van der Waals surface area contributed by atoms with Gasteiger partial charge in [0.2, 0.25) is 0 Å². The number of aryl methyl sites for hydroxylation is 1. The second kappa shape index (κ2) is 5.91. The van der Waals surface area contributed by atoms with Crippen LogP contribution in [0.1, 0.15) is 23.1 Å². The van der Waals surface area contributed by atoms with E-state index in [0.717, 1.165) is 5.69 Å². The highest BCUT2D eigenvalue weighted by atomic mass is 32.2. The number of aromatic nitrogens is 2. The van der Waals surface area contributed by atoms with Crippen molar-refractivity contribution >= 4 is 37.7 Å². The lowest BCUT2D eigenvalue weighted by atomic mass is 10.3. The molecule has 0 saturated carbocycles. The molecule has 1 amide bonds. The van der Waals surface area contributed by atoms with Gasteiger partial charge >= 0.3 is 0 Å². The number of amides is 1. The number of sulfone groups is 1. The van der Waals surface area contributed by atoms with E-state index in [1.807, 2.05) is 12.3 Å². The molecule has 2 aromatic heterocycles. The second-order valence-electron chi connectivity index (χ2n) is 5.19. The van der Waals surface area contributed by atoms with E-state index >= 15 is 0 Å². The molecule has 2 N–H and O–H groups in total. The van der Waals surface area contributed by atoms with E-state index in [9.17, 15) is 18.3 Å². The van der Waals surface area contributed by atoms with E-state index in [4.69, 9.17) is 0 Å². The van der Waals surface area contributed by atoms with E-state index in [-0.39, 0.29) is 27.8 Å². The summed E-state index contributed by atoms with van der Waals surface area (Å²) >= 11 is 1.41. The van der Waals surface area contributed by atoms with Crippen LogP contribution in [0.3, 0.4) is 0 Å². The van der Waals surface area contributed by atoms with E-state index in [1.165, 1.54) is 36.5 Å². The maximum Gasteiger partial charge on any atom is 0.276 e. The predicted molar refractivity (Wildman–Crippen MR) is 91.6 cm³/mol. The van der Waals surface area contributed by atoms with Crippen LogP contribution in [0, 0.1) is 6.92 Å². The van der Waals surface area contributed by atoms with Crippen molar-refractivity contribution in [2.24, 2.45) is 0 Å². The van der Waals surface area contributed by atoms with Crippen molar-refractivity contribution in [1.82, 2.24) is 9.38 Å². The number of phenolic OH excluding ortho intramolecular Hbond substituents is 1. The molecule has 24 heavy (non-hydrogen) atoms. The Morgan fingerprint density at radius 2 is 2.17 bits per heavy atom. The van der Waals surface area contributed by atoms with Gasteiger partial charge in [-0.1, -0.05) is 6.92 Å². The zero-order chi connectivity index (χ0) is 17.5. The highest BCUT2D eigenvalue weighted by molar-refractivity contribution is 7.91. The molecule has 0 fully saturated rings. The summed E-state index contributed by atoms with van der Waals surface area (Å²) in [4.78, 5) is 17.3. The van der Waals surface area contributed by atoms with Crippen molar-refractivity contribution in [1.29, 1.82) is 0 Å². The van der Waals surface area contributed by atoms with Crippen LogP contribution in [0.2, 0.25) is 0 Å². The fourth-order valence-electron chi connectivity index (χ4n) is 2.17. The number of rotatable bonds is 4. The molecule has 0 aliphatic heterocycles. The number of anilines is 1.